The lowest BCUT2D eigenvalue weighted by molar-refractivity contribution is 0.0685. The van der Waals surface area contributed by atoms with Crippen molar-refractivity contribution in [3.8, 4) is 0 Å². The van der Waals surface area contributed by atoms with Crippen LogP contribution in [0.25, 0.3) is 0 Å². The first kappa shape index (κ1) is 11.4. The van der Waals surface area contributed by atoms with Gasteiger partial charge in [-0.25, -0.2) is 4.79 Å². The van der Waals surface area contributed by atoms with E-state index in [2.05, 4.69) is 4.98 Å². The maximum Gasteiger partial charge on any atom is 0.352 e. The van der Waals surface area contributed by atoms with Gasteiger partial charge in [0.25, 0.3) is 0 Å². The lowest BCUT2D eigenvalue weighted by atomic mass is 10.2. The van der Waals surface area contributed by atoms with Gasteiger partial charge in [-0.2, -0.15) is 0 Å². The van der Waals surface area contributed by atoms with Crippen LogP contribution < -0.4 is 0 Å². The summed E-state index contributed by atoms with van der Waals surface area (Å²) in [6.07, 6.45) is 3.51. The smallest absolute Gasteiger partial charge is 0.352 e. The van der Waals surface area contributed by atoms with Crippen LogP contribution in [0, 0.1) is 13.8 Å². The first-order chi connectivity index (χ1) is 8.09. The third kappa shape index (κ3) is 2.20. The Morgan fingerprint density at radius 1 is 1.35 bits per heavy atom. The van der Waals surface area contributed by atoms with Crippen molar-refractivity contribution in [2.24, 2.45) is 0 Å². The second-order valence-electron chi connectivity index (χ2n) is 4.05. The minimum absolute atomic E-state index is 0.329. The van der Waals surface area contributed by atoms with Gasteiger partial charge in [0.05, 0.1) is 12.2 Å². The quantitative estimate of drug-likeness (QED) is 0.879. The Hall–Kier alpha value is -2.10. The molecule has 17 heavy (non-hydrogen) atoms. The molecule has 0 fully saturated rings. The van der Waals surface area contributed by atoms with Gasteiger partial charge in [0.1, 0.15) is 5.69 Å². The molecule has 0 aliphatic heterocycles. The summed E-state index contributed by atoms with van der Waals surface area (Å²) in [5.41, 5.74) is 3.06. The van der Waals surface area contributed by atoms with Crippen molar-refractivity contribution < 1.29 is 9.90 Å². The molecule has 1 N–H and O–H groups in total. The van der Waals surface area contributed by atoms with Gasteiger partial charge < -0.3 is 9.67 Å². The van der Waals surface area contributed by atoms with Gasteiger partial charge in [-0.15, -0.1) is 0 Å². The monoisotopic (exact) mass is 230 g/mol. The van der Waals surface area contributed by atoms with E-state index in [1.807, 2.05) is 25.1 Å². The van der Waals surface area contributed by atoms with E-state index in [1.165, 1.54) is 0 Å². The Kier molecular flexibility index (Phi) is 2.95. The largest absolute Gasteiger partial charge is 0.477 e. The molecule has 0 radical (unpaired) electrons. The van der Waals surface area contributed by atoms with Crippen molar-refractivity contribution in [3.63, 3.8) is 0 Å². The molecule has 88 valence electrons. The molecule has 0 unspecified atom stereocenters. The van der Waals surface area contributed by atoms with Crippen molar-refractivity contribution in [1.82, 2.24) is 9.55 Å². The van der Waals surface area contributed by atoms with Crippen LogP contribution in [0.4, 0.5) is 0 Å². The fourth-order valence-electron chi connectivity index (χ4n) is 1.85. The molecule has 0 aromatic carbocycles. The molecule has 2 aromatic heterocycles. The summed E-state index contributed by atoms with van der Waals surface area (Å²) in [6, 6.07) is 5.65. The summed E-state index contributed by atoms with van der Waals surface area (Å²) in [5, 5.41) is 9.14. The fourth-order valence-corrected chi connectivity index (χ4v) is 1.85. The van der Waals surface area contributed by atoms with Gasteiger partial charge in [0, 0.05) is 12.4 Å². The van der Waals surface area contributed by atoms with Crippen LogP contribution in [-0.2, 0) is 6.54 Å². The van der Waals surface area contributed by atoms with E-state index >= 15 is 0 Å². The van der Waals surface area contributed by atoms with Crippen LogP contribution in [0.3, 0.4) is 0 Å². The van der Waals surface area contributed by atoms with Crippen molar-refractivity contribution in [1.29, 1.82) is 0 Å². The molecular formula is C13H14N2O2. The summed E-state index contributed by atoms with van der Waals surface area (Å²) < 4.78 is 1.72. The highest BCUT2D eigenvalue weighted by Crippen LogP contribution is 2.13. The highest BCUT2D eigenvalue weighted by Gasteiger charge is 2.14. The van der Waals surface area contributed by atoms with Crippen molar-refractivity contribution in [2.75, 3.05) is 0 Å². The van der Waals surface area contributed by atoms with Crippen molar-refractivity contribution >= 4 is 5.97 Å². The number of aromatic carboxylic acids is 1. The maximum atomic E-state index is 11.1. The molecule has 0 aliphatic carbocycles. The zero-order valence-electron chi connectivity index (χ0n) is 9.84. The SMILES string of the molecule is Cc1cccnc1Cn1ccc(C)c1C(=O)O. The number of carboxylic acids is 1. The standard InChI is InChI=1S/C13H14N2O2/c1-9-4-3-6-14-11(9)8-15-7-5-10(2)12(15)13(16)17/h3-7H,8H2,1-2H3,(H,16,17). The zero-order valence-corrected chi connectivity index (χ0v) is 9.84. The highest BCUT2D eigenvalue weighted by molar-refractivity contribution is 5.87. The normalized spacial score (nSPS) is 10.5. The summed E-state index contributed by atoms with van der Waals surface area (Å²) in [7, 11) is 0. The molecule has 0 bridgehead atoms. The minimum Gasteiger partial charge on any atom is -0.477 e. The van der Waals surface area contributed by atoms with Crippen LogP contribution in [-0.4, -0.2) is 20.6 Å². The molecule has 0 saturated heterocycles. The molecule has 0 spiro atoms. The van der Waals surface area contributed by atoms with Gasteiger partial charge in [-0.3, -0.25) is 4.98 Å². The Bertz CT molecular complexity index is 558. The molecule has 0 saturated carbocycles. The van der Waals surface area contributed by atoms with Crippen LogP contribution >= 0.6 is 0 Å². The van der Waals surface area contributed by atoms with Gasteiger partial charge in [0.15, 0.2) is 0 Å². The van der Waals surface area contributed by atoms with E-state index < -0.39 is 5.97 Å². The molecule has 0 aliphatic rings. The Balaban J connectivity index is 2.37. The molecule has 0 atom stereocenters. The molecule has 2 rings (SSSR count). The maximum absolute atomic E-state index is 11.1. The van der Waals surface area contributed by atoms with Crippen LogP contribution in [0.2, 0.25) is 0 Å². The Morgan fingerprint density at radius 3 is 2.76 bits per heavy atom. The third-order valence-electron chi connectivity index (χ3n) is 2.81. The van der Waals surface area contributed by atoms with Gasteiger partial charge in [-0.1, -0.05) is 6.07 Å². The minimum atomic E-state index is -0.902. The van der Waals surface area contributed by atoms with E-state index in [9.17, 15) is 4.79 Å². The predicted octanol–water partition coefficient (Wildman–Crippen LogP) is 2.25. The summed E-state index contributed by atoms with van der Waals surface area (Å²) in [6.45, 7) is 4.26. The van der Waals surface area contributed by atoms with Gasteiger partial charge in [-0.05, 0) is 37.1 Å². The summed E-state index contributed by atoms with van der Waals surface area (Å²) >= 11 is 0. The van der Waals surface area contributed by atoms with Crippen LogP contribution in [0.5, 0.6) is 0 Å². The second-order valence-corrected chi connectivity index (χ2v) is 4.05. The van der Waals surface area contributed by atoms with Crippen molar-refractivity contribution in [3.05, 3.63) is 53.1 Å². The molecule has 0 amide bonds. The van der Waals surface area contributed by atoms with E-state index in [0.717, 1.165) is 16.8 Å². The lowest BCUT2D eigenvalue weighted by Gasteiger charge is -2.08. The molecule has 2 heterocycles. The zero-order chi connectivity index (χ0) is 12.4. The number of aromatic nitrogens is 2. The van der Waals surface area contributed by atoms with Gasteiger partial charge >= 0.3 is 5.97 Å². The molecular weight excluding hydrogens is 216 g/mol. The van der Waals surface area contributed by atoms with Crippen LogP contribution in [0.1, 0.15) is 27.3 Å². The van der Waals surface area contributed by atoms with Gasteiger partial charge in [0.2, 0.25) is 0 Å². The fraction of sp³-hybridized carbons (Fsp3) is 0.231. The Morgan fingerprint density at radius 2 is 2.12 bits per heavy atom. The number of hydrogen-bond acceptors (Lipinski definition) is 2. The molecule has 4 heteroatoms. The number of pyridine rings is 1. The Labute approximate surface area is 99.5 Å². The average Bonchev–Trinajstić information content (AvgIpc) is 2.63. The topological polar surface area (TPSA) is 55.1 Å². The van der Waals surface area contributed by atoms with E-state index in [-0.39, 0.29) is 0 Å². The summed E-state index contributed by atoms with van der Waals surface area (Å²) in [5.74, 6) is -0.902. The molecule has 4 nitrogen and oxygen atoms in total. The highest BCUT2D eigenvalue weighted by atomic mass is 16.4. The van der Waals surface area contributed by atoms with E-state index in [1.54, 1.807) is 23.9 Å². The number of hydrogen-bond donors (Lipinski definition) is 1. The van der Waals surface area contributed by atoms with Crippen LogP contribution in [0.15, 0.2) is 30.6 Å². The predicted molar refractivity (Wildman–Crippen MR) is 64.2 cm³/mol. The number of carboxylic acid groups (broad SMARTS) is 1. The van der Waals surface area contributed by atoms with E-state index in [0.29, 0.717) is 12.2 Å². The van der Waals surface area contributed by atoms with Crippen molar-refractivity contribution in [2.45, 2.75) is 20.4 Å². The number of carbonyl (C=O) groups is 1. The lowest BCUT2D eigenvalue weighted by Crippen LogP contribution is -2.11. The molecule has 2 aromatic rings. The first-order valence-corrected chi connectivity index (χ1v) is 5.39. The number of aryl methyl sites for hydroxylation is 2. The second kappa shape index (κ2) is 4.41. The third-order valence-corrected chi connectivity index (χ3v) is 2.81. The average molecular weight is 230 g/mol. The number of rotatable bonds is 3. The van der Waals surface area contributed by atoms with E-state index in [4.69, 9.17) is 5.11 Å². The summed E-state index contributed by atoms with van der Waals surface area (Å²) in [4.78, 5) is 15.4. The first-order valence-electron chi connectivity index (χ1n) is 5.39. The number of nitrogens with zero attached hydrogens (tertiary/aromatic N) is 2.